The summed E-state index contributed by atoms with van der Waals surface area (Å²) in [7, 11) is 0. The van der Waals surface area contributed by atoms with Gasteiger partial charge in [0.25, 0.3) is 5.91 Å². The molecule has 0 unspecified atom stereocenters. The summed E-state index contributed by atoms with van der Waals surface area (Å²) in [4.78, 5) is 36.0. The number of ether oxygens (including phenoxy) is 1. The first kappa shape index (κ1) is 19.9. The molecular formula is C22H25N5O3. The van der Waals surface area contributed by atoms with Crippen molar-refractivity contribution in [3.05, 3.63) is 47.3 Å². The van der Waals surface area contributed by atoms with Crippen molar-refractivity contribution in [3.8, 4) is 11.6 Å². The number of amides is 2. The summed E-state index contributed by atoms with van der Waals surface area (Å²) in [5.41, 5.74) is 3.69. The van der Waals surface area contributed by atoms with Gasteiger partial charge < -0.3 is 20.4 Å². The molecule has 0 saturated carbocycles. The molecule has 2 amide bonds. The zero-order chi connectivity index (χ0) is 21.3. The lowest BCUT2D eigenvalue weighted by molar-refractivity contribution is -0.121. The predicted octanol–water partition coefficient (Wildman–Crippen LogP) is 3.40. The van der Waals surface area contributed by atoms with E-state index in [0.717, 1.165) is 18.4 Å². The van der Waals surface area contributed by atoms with Gasteiger partial charge in [-0.05, 0) is 49.9 Å². The Morgan fingerprint density at radius 3 is 2.93 bits per heavy atom. The molecule has 30 heavy (non-hydrogen) atoms. The molecule has 1 aromatic carbocycles. The molecule has 1 aliphatic rings. The topological polar surface area (TPSA) is 109 Å². The number of nitrogens with one attached hydrogen (secondary N) is 3. The molecule has 0 saturated heterocycles. The Hall–Kier alpha value is -3.42. The molecular weight excluding hydrogens is 382 g/mol. The number of aromatic nitrogens is 3. The molecule has 0 radical (unpaired) electrons. The van der Waals surface area contributed by atoms with Gasteiger partial charge in [0.2, 0.25) is 11.8 Å². The molecule has 0 fully saturated rings. The largest absolute Gasteiger partial charge is 0.437 e. The fraction of sp³-hybridized carbons (Fsp3) is 0.364. The molecule has 2 heterocycles. The first-order valence-electron chi connectivity index (χ1n) is 10.2. The quantitative estimate of drug-likeness (QED) is 0.580. The van der Waals surface area contributed by atoms with Gasteiger partial charge in [0, 0.05) is 18.7 Å². The van der Waals surface area contributed by atoms with E-state index in [1.165, 1.54) is 11.8 Å². The maximum Gasteiger partial charge on any atom is 0.255 e. The molecule has 4 rings (SSSR count). The summed E-state index contributed by atoms with van der Waals surface area (Å²) < 4.78 is 5.94. The highest BCUT2D eigenvalue weighted by molar-refractivity contribution is 6.04. The number of hydrogen-bond donors (Lipinski definition) is 3. The fourth-order valence-corrected chi connectivity index (χ4v) is 3.65. The van der Waals surface area contributed by atoms with Crippen LogP contribution >= 0.6 is 0 Å². The standard InChI is InChI=1S/C22H25N5O3/c1-4-18(28)26-17-8-6-13-5-7-14(9-15(13)17)30-19-11-24-21-20(27-19)16(10-23-21)22(29)25-12(2)3/h5,7,9-12,17H,4,6,8H2,1-3H3,(H,23,24)(H,25,29)(H,26,28)/t17-/m1/s1. The lowest BCUT2D eigenvalue weighted by atomic mass is 10.1. The Balaban J connectivity index is 1.58. The Morgan fingerprint density at radius 1 is 1.33 bits per heavy atom. The minimum absolute atomic E-state index is 0.000528. The van der Waals surface area contributed by atoms with E-state index in [2.05, 4.69) is 25.6 Å². The van der Waals surface area contributed by atoms with Gasteiger partial charge in [-0.15, -0.1) is 0 Å². The Bertz CT molecular complexity index is 1110. The van der Waals surface area contributed by atoms with E-state index in [-0.39, 0.29) is 23.9 Å². The number of aryl methyl sites for hydroxylation is 1. The summed E-state index contributed by atoms with van der Waals surface area (Å²) in [5.74, 6) is 0.737. The normalized spacial score (nSPS) is 15.3. The Labute approximate surface area is 174 Å². The van der Waals surface area contributed by atoms with Crippen LogP contribution in [0.4, 0.5) is 0 Å². The average molecular weight is 407 g/mol. The minimum atomic E-state index is -0.213. The highest BCUT2D eigenvalue weighted by atomic mass is 16.5. The van der Waals surface area contributed by atoms with Crippen LogP contribution < -0.4 is 15.4 Å². The second-order valence-corrected chi connectivity index (χ2v) is 7.71. The van der Waals surface area contributed by atoms with E-state index in [1.807, 2.05) is 39.0 Å². The van der Waals surface area contributed by atoms with Crippen LogP contribution in [0.25, 0.3) is 11.2 Å². The van der Waals surface area contributed by atoms with E-state index < -0.39 is 0 Å². The first-order chi connectivity index (χ1) is 14.4. The molecule has 156 valence electrons. The second-order valence-electron chi connectivity index (χ2n) is 7.71. The van der Waals surface area contributed by atoms with Crippen LogP contribution in [-0.2, 0) is 11.2 Å². The molecule has 0 aliphatic heterocycles. The van der Waals surface area contributed by atoms with E-state index in [9.17, 15) is 9.59 Å². The van der Waals surface area contributed by atoms with Crippen LogP contribution in [0, 0.1) is 0 Å². The predicted molar refractivity (Wildman–Crippen MR) is 113 cm³/mol. The van der Waals surface area contributed by atoms with Crippen molar-refractivity contribution in [1.82, 2.24) is 25.6 Å². The highest BCUT2D eigenvalue weighted by Crippen LogP contribution is 2.35. The van der Waals surface area contributed by atoms with E-state index in [4.69, 9.17) is 4.74 Å². The van der Waals surface area contributed by atoms with Crippen molar-refractivity contribution in [2.45, 2.75) is 52.1 Å². The van der Waals surface area contributed by atoms with Gasteiger partial charge in [-0.3, -0.25) is 9.59 Å². The van der Waals surface area contributed by atoms with Crippen molar-refractivity contribution in [1.29, 1.82) is 0 Å². The lowest BCUT2D eigenvalue weighted by Gasteiger charge is -2.14. The third-order valence-corrected chi connectivity index (χ3v) is 5.10. The van der Waals surface area contributed by atoms with Crippen molar-refractivity contribution < 1.29 is 14.3 Å². The maximum absolute atomic E-state index is 12.4. The summed E-state index contributed by atoms with van der Waals surface area (Å²) in [6, 6.07) is 5.87. The SMILES string of the molecule is CCC(=O)N[C@@H]1CCc2ccc(Oc3cnc4[nH]cc(C(=O)NC(C)C)c4n3)cc21. The van der Waals surface area contributed by atoms with Gasteiger partial charge >= 0.3 is 0 Å². The monoisotopic (exact) mass is 407 g/mol. The molecule has 3 N–H and O–H groups in total. The molecule has 0 spiro atoms. The van der Waals surface area contributed by atoms with Gasteiger partial charge in [-0.1, -0.05) is 13.0 Å². The molecule has 3 aromatic rings. The van der Waals surface area contributed by atoms with Crippen LogP contribution in [0.5, 0.6) is 11.6 Å². The van der Waals surface area contributed by atoms with Gasteiger partial charge in [-0.25, -0.2) is 9.97 Å². The Kier molecular flexibility index (Phi) is 5.39. The van der Waals surface area contributed by atoms with Crippen molar-refractivity contribution in [2.24, 2.45) is 0 Å². The fourth-order valence-electron chi connectivity index (χ4n) is 3.65. The number of carbonyl (C=O) groups excluding carboxylic acids is 2. The highest BCUT2D eigenvalue weighted by Gasteiger charge is 2.24. The molecule has 1 atom stereocenters. The van der Waals surface area contributed by atoms with Gasteiger partial charge in [0.15, 0.2) is 5.65 Å². The van der Waals surface area contributed by atoms with Crippen LogP contribution in [0.1, 0.15) is 61.1 Å². The molecule has 2 aromatic heterocycles. The van der Waals surface area contributed by atoms with E-state index >= 15 is 0 Å². The second kappa shape index (κ2) is 8.14. The van der Waals surface area contributed by atoms with Gasteiger partial charge in [0.05, 0.1) is 17.8 Å². The number of rotatable bonds is 6. The zero-order valence-electron chi connectivity index (χ0n) is 17.3. The third kappa shape index (κ3) is 3.98. The van der Waals surface area contributed by atoms with E-state index in [0.29, 0.717) is 34.8 Å². The molecule has 8 nitrogen and oxygen atoms in total. The third-order valence-electron chi connectivity index (χ3n) is 5.10. The van der Waals surface area contributed by atoms with Crippen molar-refractivity contribution in [2.75, 3.05) is 0 Å². The van der Waals surface area contributed by atoms with Gasteiger partial charge in [-0.2, -0.15) is 0 Å². The maximum atomic E-state index is 12.4. The number of hydrogen-bond acceptors (Lipinski definition) is 5. The molecule has 8 heteroatoms. The number of fused-ring (bicyclic) bond motifs is 2. The average Bonchev–Trinajstić information content (AvgIpc) is 3.31. The zero-order valence-corrected chi connectivity index (χ0v) is 17.3. The number of aromatic amines is 1. The van der Waals surface area contributed by atoms with E-state index in [1.54, 1.807) is 6.20 Å². The van der Waals surface area contributed by atoms with Crippen molar-refractivity contribution >= 4 is 23.0 Å². The molecule has 1 aliphatic carbocycles. The smallest absolute Gasteiger partial charge is 0.255 e. The van der Waals surface area contributed by atoms with Crippen LogP contribution in [-0.4, -0.2) is 32.8 Å². The number of carbonyl (C=O) groups is 2. The number of H-pyrrole nitrogens is 1. The minimum Gasteiger partial charge on any atom is -0.437 e. The van der Waals surface area contributed by atoms with Gasteiger partial charge in [0.1, 0.15) is 11.3 Å². The first-order valence-corrected chi connectivity index (χ1v) is 10.2. The number of nitrogens with zero attached hydrogens (tertiary/aromatic N) is 2. The summed E-state index contributed by atoms with van der Waals surface area (Å²) in [5, 5.41) is 5.92. The van der Waals surface area contributed by atoms with Crippen LogP contribution in [0.2, 0.25) is 0 Å². The van der Waals surface area contributed by atoms with Crippen LogP contribution in [0.3, 0.4) is 0 Å². The number of benzene rings is 1. The van der Waals surface area contributed by atoms with Crippen molar-refractivity contribution in [3.63, 3.8) is 0 Å². The summed E-state index contributed by atoms with van der Waals surface area (Å²) in [6.45, 7) is 5.64. The Morgan fingerprint density at radius 2 is 2.17 bits per heavy atom. The van der Waals surface area contributed by atoms with Crippen LogP contribution in [0.15, 0.2) is 30.6 Å². The molecule has 0 bridgehead atoms. The summed E-state index contributed by atoms with van der Waals surface area (Å²) in [6.07, 6.45) is 5.39. The lowest BCUT2D eigenvalue weighted by Crippen LogP contribution is -2.29. The summed E-state index contributed by atoms with van der Waals surface area (Å²) >= 11 is 0.